The summed E-state index contributed by atoms with van der Waals surface area (Å²) in [6, 6.07) is 9.44. The molecule has 1 N–H and O–H groups in total. The van der Waals surface area contributed by atoms with Crippen molar-refractivity contribution in [1.29, 1.82) is 0 Å². The van der Waals surface area contributed by atoms with Crippen molar-refractivity contribution in [3.05, 3.63) is 69.6 Å². The van der Waals surface area contributed by atoms with E-state index in [9.17, 15) is 14.7 Å². The number of benzene rings is 1. The molecule has 0 unspecified atom stereocenters. The average molecular weight is 329 g/mol. The van der Waals surface area contributed by atoms with Gasteiger partial charge in [0.15, 0.2) is 4.96 Å². The summed E-state index contributed by atoms with van der Waals surface area (Å²) in [6.45, 7) is 0.305. The van der Waals surface area contributed by atoms with Crippen molar-refractivity contribution in [3.63, 3.8) is 0 Å². The van der Waals surface area contributed by atoms with Crippen LogP contribution in [0.5, 0.6) is 0 Å². The van der Waals surface area contributed by atoms with Gasteiger partial charge >= 0.3 is 0 Å². The SMILES string of the molecule is O=C(c1cnc2sccn2c1=O)N(CCO)Cc1ccccc1. The zero-order chi connectivity index (χ0) is 16.2. The topological polar surface area (TPSA) is 74.9 Å². The van der Waals surface area contributed by atoms with Gasteiger partial charge in [-0.15, -0.1) is 11.3 Å². The molecule has 0 fully saturated rings. The number of aliphatic hydroxyl groups is 1. The maximum Gasteiger partial charge on any atom is 0.271 e. The van der Waals surface area contributed by atoms with Crippen LogP contribution in [0.2, 0.25) is 0 Å². The van der Waals surface area contributed by atoms with Crippen molar-refractivity contribution in [1.82, 2.24) is 14.3 Å². The second-order valence-electron chi connectivity index (χ2n) is 4.97. The van der Waals surface area contributed by atoms with E-state index in [1.807, 2.05) is 30.3 Å². The first-order valence-corrected chi connectivity index (χ1v) is 7.97. The summed E-state index contributed by atoms with van der Waals surface area (Å²) < 4.78 is 1.36. The third kappa shape index (κ3) is 3.15. The lowest BCUT2D eigenvalue weighted by atomic mass is 10.2. The highest BCUT2D eigenvalue weighted by Crippen LogP contribution is 2.10. The van der Waals surface area contributed by atoms with Crippen LogP contribution in [0, 0.1) is 0 Å². The van der Waals surface area contributed by atoms with Crippen LogP contribution in [-0.2, 0) is 6.54 Å². The first-order valence-electron chi connectivity index (χ1n) is 7.09. The molecule has 0 radical (unpaired) electrons. The fourth-order valence-corrected chi connectivity index (χ4v) is 2.99. The van der Waals surface area contributed by atoms with E-state index in [0.717, 1.165) is 5.56 Å². The largest absolute Gasteiger partial charge is 0.395 e. The summed E-state index contributed by atoms with van der Waals surface area (Å²) in [5.74, 6) is -0.430. The highest BCUT2D eigenvalue weighted by Gasteiger charge is 2.20. The number of thiazole rings is 1. The Morgan fingerprint density at radius 2 is 2.09 bits per heavy atom. The summed E-state index contributed by atoms with van der Waals surface area (Å²) in [5.41, 5.74) is 0.543. The van der Waals surface area contributed by atoms with Gasteiger partial charge in [-0.2, -0.15) is 0 Å². The summed E-state index contributed by atoms with van der Waals surface area (Å²) in [6.07, 6.45) is 2.91. The second-order valence-corrected chi connectivity index (χ2v) is 5.84. The summed E-state index contributed by atoms with van der Waals surface area (Å²) >= 11 is 1.33. The smallest absolute Gasteiger partial charge is 0.271 e. The summed E-state index contributed by atoms with van der Waals surface area (Å²) in [5, 5.41) is 11.0. The lowest BCUT2D eigenvalue weighted by molar-refractivity contribution is 0.0705. The molecule has 7 heteroatoms. The number of rotatable bonds is 5. The second kappa shape index (κ2) is 6.72. The Kier molecular flexibility index (Phi) is 4.50. The van der Waals surface area contributed by atoms with E-state index in [4.69, 9.17) is 0 Å². The minimum atomic E-state index is -0.430. The number of hydrogen-bond donors (Lipinski definition) is 1. The van der Waals surface area contributed by atoms with Gasteiger partial charge in [0.2, 0.25) is 0 Å². The fraction of sp³-hybridized carbons (Fsp3) is 0.188. The van der Waals surface area contributed by atoms with E-state index in [1.54, 1.807) is 11.6 Å². The third-order valence-corrected chi connectivity index (χ3v) is 4.22. The molecule has 0 bridgehead atoms. The standard InChI is InChI=1S/C16H15N3O3S/c20-8-6-18(11-12-4-2-1-3-5-12)14(21)13-10-17-16-19(15(13)22)7-9-23-16/h1-5,7,9-10,20H,6,8,11H2. The maximum atomic E-state index is 12.7. The molecular weight excluding hydrogens is 314 g/mol. The molecule has 1 aromatic carbocycles. The van der Waals surface area contributed by atoms with Crippen molar-refractivity contribution < 1.29 is 9.90 Å². The third-order valence-electron chi connectivity index (χ3n) is 3.45. The first kappa shape index (κ1) is 15.4. The molecule has 6 nitrogen and oxygen atoms in total. The van der Waals surface area contributed by atoms with Crippen molar-refractivity contribution in [3.8, 4) is 0 Å². The van der Waals surface area contributed by atoms with Gasteiger partial charge in [0.25, 0.3) is 11.5 Å². The van der Waals surface area contributed by atoms with Crippen LogP contribution in [0.3, 0.4) is 0 Å². The first-order chi connectivity index (χ1) is 11.2. The molecule has 0 aliphatic heterocycles. The number of amides is 1. The Morgan fingerprint density at radius 1 is 1.30 bits per heavy atom. The van der Waals surface area contributed by atoms with Crippen LogP contribution >= 0.6 is 11.3 Å². The molecule has 0 atom stereocenters. The number of carbonyl (C=O) groups excluding carboxylic acids is 1. The van der Waals surface area contributed by atoms with Gasteiger partial charge in [-0.3, -0.25) is 14.0 Å². The van der Waals surface area contributed by atoms with Gasteiger partial charge in [0, 0.05) is 30.9 Å². The van der Waals surface area contributed by atoms with Gasteiger partial charge in [-0.1, -0.05) is 30.3 Å². The van der Waals surface area contributed by atoms with Crippen LogP contribution in [0.4, 0.5) is 0 Å². The number of nitrogens with zero attached hydrogens (tertiary/aromatic N) is 3. The van der Waals surface area contributed by atoms with Crippen LogP contribution < -0.4 is 5.56 Å². The Morgan fingerprint density at radius 3 is 2.83 bits per heavy atom. The number of hydrogen-bond acceptors (Lipinski definition) is 5. The van der Waals surface area contributed by atoms with Gasteiger partial charge in [0.05, 0.1) is 6.61 Å². The monoisotopic (exact) mass is 329 g/mol. The van der Waals surface area contributed by atoms with Gasteiger partial charge in [-0.25, -0.2) is 4.98 Å². The van der Waals surface area contributed by atoms with Crippen LogP contribution in [0.15, 0.2) is 52.9 Å². The van der Waals surface area contributed by atoms with Crippen LogP contribution in [-0.4, -0.2) is 38.4 Å². The maximum absolute atomic E-state index is 12.7. The molecule has 0 saturated heterocycles. The summed E-state index contributed by atoms with van der Waals surface area (Å²) in [7, 11) is 0. The van der Waals surface area contributed by atoms with E-state index in [1.165, 1.54) is 26.8 Å². The molecule has 0 aliphatic carbocycles. The van der Waals surface area contributed by atoms with Crippen LogP contribution in [0.25, 0.3) is 4.96 Å². The van der Waals surface area contributed by atoms with E-state index < -0.39 is 11.5 Å². The van der Waals surface area contributed by atoms with Gasteiger partial charge < -0.3 is 10.0 Å². The molecule has 2 aromatic heterocycles. The molecular formula is C16H15N3O3S. The zero-order valence-corrected chi connectivity index (χ0v) is 13.1. The average Bonchev–Trinajstić information content (AvgIpc) is 3.05. The summed E-state index contributed by atoms with van der Waals surface area (Å²) in [4.78, 5) is 31.2. The lowest BCUT2D eigenvalue weighted by Gasteiger charge is -2.21. The van der Waals surface area contributed by atoms with Gasteiger partial charge in [0.1, 0.15) is 5.56 Å². The van der Waals surface area contributed by atoms with Crippen LogP contribution in [0.1, 0.15) is 15.9 Å². The molecule has 0 spiro atoms. The molecule has 3 aromatic rings. The van der Waals surface area contributed by atoms with Crippen molar-refractivity contribution >= 4 is 22.2 Å². The molecule has 118 valence electrons. The highest BCUT2D eigenvalue weighted by atomic mass is 32.1. The Balaban J connectivity index is 1.93. The number of aromatic nitrogens is 2. The number of fused-ring (bicyclic) bond motifs is 1. The van der Waals surface area contributed by atoms with Crippen molar-refractivity contribution in [2.45, 2.75) is 6.54 Å². The normalized spacial score (nSPS) is 10.8. The molecule has 3 rings (SSSR count). The minimum absolute atomic E-state index is 0.00489. The van der Waals surface area contributed by atoms with E-state index >= 15 is 0 Å². The van der Waals surface area contributed by atoms with E-state index in [0.29, 0.717) is 11.5 Å². The van der Waals surface area contributed by atoms with Crippen molar-refractivity contribution in [2.24, 2.45) is 0 Å². The highest BCUT2D eigenvalue weighted by molar-refractivity contribution is 7.15. The van der Waals surface area contributed by atoms with Crippen molar-refractivity contribution in [2.75, 3.05) is 13.2 Å². The number of aliphatic hydroxyl groups excluding tert-OH is 1. The predicted octanol–water partition coefficient (Wildman–Crippen LogP) is 1.39. The fourth-order valence-electron chi connectivity index (χ4n) is 2.32. The molecule has 0 saturated carbocycles. The predicted molar refractivity (Wildman–Crippen MR) is 87.6 cm³/mol. The zero-order valence-electron chi connectivity index (χ0n) is 12.3. The molecule has 2 heterocycles. The quantitative estimate of drug-likeness (QED) is 0.767. The molecule has 0 aliphatic rings. The minimum Gasteiger partial charge on any atom is -0.395 e. The van der Waals surface area contributed by atoms with Gasteiger partial charge in [-0.05, 0) is 5.56 Å². The molecule has 1 amide bonds. The number of carbonyl (C=O) groups is 1. The Bertz CT molecular complexity index is 873. The van der Waals surface area contributed by atoms with E-state index in [2.05, 4.69) is 4.98 Å². The Labute approximate surface area is 136 Å². The Hall–Kier alpha value is -2.51. The lowest BCUT2D eigenvalue weighted by Crippen LogP contribution is -2.37. The molecule has 23 heavy (non-hydrogen) atoms. The van der Waals surface area contributed by atoms with E-state index in [-0.39, 0.29) is 18.7 Å².